The maximum atomic E-state index is 13.0. The molecule has 1 atom stereocenters. The van der Waals surface area contributed by atoms with E-state index in [9.17, 15) is 17.6 Å². The molecular formula is C21H18ClFN2O3S. The first kappa shape index (κ1) is 20.8. The number of hydrogen-bond acceptors (Lipinski definition) is 3. The Balaban J connectivity index is 1.73. The first-order valence-corrected chi connectivity index (χ1v) is 10.6. The summed E-state index contributed by atoms with van der Waals surface area (Å²) >= 11 is 6.19. The van der Waals surface area contributed by atoms with Gasteiger partial charge in [-0.05, 0) is 55.0 Å². The first-order valence-electron chi connectivity index (χ1n) is 8.70. The van der Waals surface area contributed by atoms with Gasteiger partial charge in [0.15, 0.2) is 0 Å². The molecule has 29 heavy (non-hydrogen) atoms. The molecule has 0 unspecified atom stereocenters. The van der Waals surface area contributed by atoms with Crippen LogP contribution in [0.25, 0.3) is 0 Å². The van der Waals surface area contributed by atoms with Crippen molar-refractivity contribution < 1.29 is 17.6 Å². The smallest absolute Gasteiger partial charge is 0.261 e. The molecule has 0 aromatic heterocycles. The van der Waals surface area contributed by atoms with E-state index in [-0.39, 0.29) is 38.9 Å². The van der Waals surface area contributed by atoms with Gasteiger partial charge in [-0.15, -0.1) is 0 Å². The van der Waals surface area contributed by atoms with E-state index >= 15 is 0 Å². The Morgan fingerprint density at radius 3 is 2.28 bits per heavy atom. The van der Waals surface area contributed by atoms with Crippen molar-refractivity contribution >= 4 is 33.2 Å². The molecule has 0 radical (unpaired) electrons. The van der Waals surface area contributed by atoms with Crippen LogP contribution in [0.4, 0.5) is 10.1 Å². The number of carbonyl (C=O) groups is 1. The summed E-state index contributed by atoms with van der Waals surface area (Å²) in [5.74, 6) is -0.742. The van der Waals surface area contributed by atoms with E-state index in [0.717, 1.165) is 5.56 Å². The van der Waals surface area contributed by atoms with Crippen molar-refractivity contribution in [3.8, 4) is 0 Å². The molecule has 150 valence electrons. The van der Waals surface area contributed by atoms with Crippen LogP contribution in [-0.2, 0) is 10.0 Å². The molecule has 0 aliphatic rings. The number of sulfonamides is 1. The average Bonchev–Trinajstić information content (AvgIpc) is 2.70. The van der Waals surface area contributed by atoms with Gasteiger partial charge in [-0.1, -0.05) is 41.9 Å². The highest BCUT2D eigenvalue weighted by atomic mass is 35.5. The fourth-order valence-corrected chi connectivity index (χ4v) is 4.04. The van der Waals surface area contributed by atoms with Crippen LogP contribution >= 0.6 is 11.6 Å². The molecule has 3 aromatic rings. The second-order valence-electron chi connectivity index (χ2n) is 6.36. The van der Waals surface area contributed by atoms with Crippen LogP contribution in [0.2, 0.25) is 5.02 Å². The summed E-state index contributed by atoms with van der Waals surface area (Å²) in [7, 11) is -3.79. The van der Waals surface area contributed by atoms with E-state index < -0.39 is 10.0 Å². The van der Waals surface area contributed by atoms with Crippen molar-refractivity contribution in [2.45, 2.75) is 17.9 Å². The highest BCUT2D eigenvalue weighted by Crippen LogP contribution is 2.26. The summed E-state index contributed by atoms with van der Waals surface area (Å²) in [5.41, 5.74) is 1.18. The van der Waals surface area contributed by atoms with Crippen molar-refractivity contribution in [3.05, 3.63) is 94.8 Å². The van der Waals surface area contributed by atoms with Crippen LogP contribution in [0.5, 0.6) is 0 Å². The number of anilines is 1. The zero-order chi connectivity index (χ0) is 21.0. The van der Waals surface area contributed by atoms with Crippen molar-refractivity contribution in [2.24, 2.45) is 0 Å². The lowest BCUT2D eigenvalue weighted by atomic mass is 10.1. The van der Waals surface area contributed by atoms with Crippen LogP contribution in [0, 0.1) is 5.82 Å². The highest BCUT2D eigenvalue weighted by Gasteiger charge is 2.17. The Hall–Kier alpha value is -2.90. The molecule has 1 amide bonds. The molecule has 3 aromatic carbocycles. The number of amides is 1. The topological polar surface area (TPSA) is 75.3 Å². The number of nitrogens with one attached hydrogen (secondary N) is 2. The van der Waals surface area contributed by atoms with Crippen LogP contribution in [0.3, 0.4) is 0 Å². The molecular weight excluding hydrogens is 415 g/mol. The van der Waals surface area contributed by atoms with Gasteiger partial charge >= 0.3 is 0 Å². The highest BCUT2D eigenvalue weighted by molar-refractivity contribution is 7.92. The van der Waals surface area contributed by atoms with Gasteiger partial charge in [-0.2, -0.15) is 0 Å². The zero-order valence-electron chi connectivity index (χ0n) is 15.4. The third-order valence-corrected chi connectivity index (χ3v) is 5.94. The van der Waals surface area contributed by atoms with Gasteiger partial charge < -0.3 is 5.32 Å². The van der Waals surface area contributed by atoms with Crippen LogP contribution in [0.15, 0.2) is 77.7 Å². The maximum absolute atomic E-state index is 13.0. The Bertz CT molecular complexity index is 1120. The lowest BCUT2D eigenvalue weighted by Gasteiger charge is -2.15. The largest absolute Gasteiger partial charge is 0.346 e. The first-order chi connectivity index (χ1) is 13.8. The van der Waals surface area contributed by atoms with Gasteiger partial charge in [0.1, 0.15) is 5.82 Å². The van der Waals surface area contributed by atoms with E-state index in [0.29, 0.717) is 0 Å². The number of halogens is 2. The molecule has 0 aliphatic carbocycles. The molecule has 0 spiro atoms. The lowest BCUT2D eigenvalue weighted by Crippen LogP contribution is -2.26. The fraction of sp³-hybridized carbons (Fsp3) is 0.0952. The summed E-state index contributed by atoms with van der Waals surface area (Å²) < 4.78 is 40.3. The second kappa shape index (κ2) is 8.63. The van der Waals surface area contributed by atoms with Crippen LogP contribution in [-0.4, -0.2) is 14.3 Å². The second-order valence-corrected chi connectivity index (χ2v) is 8.45. The SMILES string of the molecule is C[C@@H](NC(=O)c1ccc(NS(=O)(=O)c2ccccc2)c(Cl)c1)c1ccc(F)cc1. The average molecular weight is 433 g/mol. The fourth-order valence-electron chi connectivity index (χ4n) is 2.66. The molecule has 0 bridgehead atoms. The van der Waals surface area contributed by atoms with Crippen molar-refractivity contribution in [3.63, 3.8) is 0 Å². The Morgan fingerprint density at radius 1 is 1.00 bits per heavy atom. The van der Waals surface area contributed by atoms with Gasteiger partial charge in [0, 0.05) is 5.56 Å². The van der Waals surface area contributed by atoms with Gasteiger partial charge in [-0.3, -0.25) is 9.52 Å². The molecule has 5 nitrogen and oxygen atoms in total. The maximum Gasteiger partial charge on any atom is 0.261 e. The number of rotatable bonds is 6. The van der Waals surface area contributed by atoms with Crippen molar-refractivity contribution in [1.29, 1.82) is 0 Å². The van der Waals surface area contributed by atoms with Gasteiger partial charge in [-0.25, -0.2) is 12.8 Å². The Morgan fingerprint density at radius 2 is 1.66 bits per heavy atom. The minimum absolute atomic E-state index is 0.0894. The molecule has 2 N–H and O–H groups in total. The summed E-state index contributed by atoms with van der Waals surface area (Å²) in [6.45, 7) is 1.77. The molecule has 0 aliphatic heterocycles. The molecule has 8 heteroatoms. The Kier molecular flexibility index (Phi) is 6.20. The zero-order valence-corrected chi connectivity index (χ0v) is 17.0. The summed E-state index contributed by atoms with van der Waals surface area (Å²) in [6.07, 6.45) is 0. The predicted octanol–water partition coefficient (Wildman–Crippen LogP) is 4.77. The standard InChI is InChI=1S/C21H18ClFN2O3S/c1-14(15-7-10-17(23)11-8-15)24-21(26)16-9-12-20(19(22)13-16)25-29(27,28)18-5-3-2-4-6-18/h2-14,25H,1H3,(H,24,26)/t14-/m1/s1. The van der Waals surface area contributed by atoms with E-state index in [4.69, 9.17) is 11.6 Å². The number of carbonyl (C=O) groups excluding carboxylic acids is 1. The summed E-state index contributed by atoms with van der Waals surface area (Å²) in [4.78, 5) is 12.6. The molecule has 3 rings (SSSR count). The third-order valence-electron chi connectivity index (χ3n) is 4.25. The van der Waals surface area contributed by atoms with E-state index in [1.54, 1.807) is 37.3 Å². The predicted molar refractivity (Wildman–Crippen MR) is 111 cm³/mol. The van der Waals surface area contributed by atoms with Crippen LogP contribution in [0.1, 0.15) is 28.9 Å². The van der Waals surface area contributed by atoms with Crippen molar-refractivity contribution in [2.75, 3.05) is 4.72 Å². The van der Waals surface area contributed by atoms with Crippen molar-refractivity contribution in [1.82, 2.24) is 5.32 Å². The van der Waals surface area contributed by atoms with E-state index in [2.05, 4.69) is 10.0 Å². The lowest BCUT2D eigenvalue weighted by molar-refractivity contribution is 0.0940. The minimum atomic E-state index is -3.79. The quantitative estimate of drug-likeness (QED) is 0.589. The Labute approximate surface area is 173 Å². The molecule has 0 fully saturated rings. The summed E-state index contributed by atoms with van der Waals surface area (Å²) in [6, 6.07) is 17.7. The van der Waals surface area contributed by atoms with Gasteiger partial charge in [0.25, 0.3) is 15.9 Å². The normalized spacial score (nSPS) is 12.2. The van der Waals surface area contributed by atoms with E-state index in [1.165, 1.54) is 42.5 Å². The number of benzene rings is 3. The van der Waals surface area contributed by atoms with Gasteiger partial charge in [0.2, 0.25) is 0 Å². The van der Waals surface area contributed by atoms with Gasteiger partial charge in [0.05, 0.1) is 21.6 Å². The van der Waals surface area contributed by atoms with Crippen LogP contribution < -0.4 is 10.0 Å². The number of hydrogen-bond donors (Lipinski definition) is 2. The minimum Gasteiger partial charge on any atom is -0.346 e. The molecule has 0 saturated heterocycles. The third kappa shape index (κ3) is 5.13. The molecule has 0 heterocycles. The monoisotopic (exact) mass is 432 g/mol. The van der Waals surface area contributed by atoms with E-state index in [1.807, 2.05) is 0 Å². The molecule has 0 saturated carbocycles. The summed E-state index contributed by atoms with van der Waals surface area (Å²) in [5, 5.41) is 2.88.